The zero-order valence-corrected chi connectivity index (χ0v) is 12.6. The maximum atomic E-state index is 10.4. The molecule has 0 aliphatic rings. The van der Waals surface area contributed by atoms with E-state index in [2.05, 4.69) is 12.2 Å². The topological polar surface area (TPSA) is 38.3 Å². The second kappa shape index (κ2) is 11.3. The van der Waals surface area contributed by atoms with Crippen molar-refractivity contribution in [3.05, 3.63) is 24.3 Å². The smallest absolute Gasteiger partial charge is 0.211 e. The van der Waals surface area contributed by atoms with Crippen molar-refractivity contribution < 1.29 is 9.53 Å². The molecule has 0 atom stereocenters. The Hall–Kier alpha value is -1.51. The first kappa shape index (κ1) is 16.5. The molecule has 0 saturated heterocycles. The Labute approximate surface area is 122 Å². The van der Waals surface area contributed by atoms with Crippen LogP contribution in [-0.4, -0.2) is 13.0 Å². The van der Waals surface area contributed by atoms with E-state index >= 15 is 0 Å². The minimum Gasteiger partial charge on any atom is -0.494 e. The minimum absolute atomic E-state index is 0.678. The van der Waals surface area contributed by atoms with Gasteiger partial charge in [0.15, 0.2) is 0 Å². The molecule has 0 bridgehead atoms. The summed E-state index contributed by atoms with van der Waals surface area (Å²) in [5.41, 5.74) is 0.772. The summed E-state index contributed by atoms with van der Waals surface area (Å²) in [5, 5.41) is 2.62. The summed E-state index contributed by atoms with van der Waals surface area (Å²) in [7, 11) is 0. The van der Waals surface area contributed by atoms with Gasteiger partial charge >= 0.3 is 0 Å². The molecule has 0 aliphatic heterocycles. The van der Waals surface area contributed by atoms with Gasteiger partial charge in [0.05, 0.1) is 6.61 Å². The van der Waals surface area contributed by atoms with Crippen LogP contribution < -0.4 is 10.1 Å². The number of hydrogen-bond donors (Lipinski definition) is 1. The van der Waals surface area contributed by atoms with Gasteiger partial charge in [0.1, 0.15) is 5.75 Å². The highest BCUT2D eigenvalue weighted by atomic mass is 16.5. The zero-order chi connectivity index (χ0) is 14.5. The molecule has 3 heteroatoms. The Bertz CT molecular complexity index is 366. The average molecular weight is 277 g/mol. The molecule has 0 unspecified atom stereocenters. The standard InChI is InChI=1S/C17H27NO2/c1-2-3-4-5-6-7-8-9-13-20-17-12-10-11-16(14-17)18-15-19/h10-12,14-15H,2-9,13H2,1H3,(H,18,19). The lowest BCUT2D eigenvalue weighted by molar-refractivity contribution is -0.105. The van der Waals surface area contributed by atoms with Crippen molar-refractivity contribution in [2.45, 2.75) is 58.3 Å². The summed E-state index contributed by atoms with van der Waals surface area (Å²) in [6, 6.07) is 7.49. The molecule has 1 aromatic rings. The molecule has 0 saturated carbocycles. The largest absolute Gasteiger partial charge is 0.494 e. The van der Waals surface area contributed by atoms with Crippen LogP contribution in [0.1, 0.15) is 58.3 Å². The molecule has 20 heavy (non-hydrogen) atoms. The number of rotatable bonds is 12. The minimum atomic E-state index is 0.678. The molecule has 1 rings (SSSR count). The Balaban J connectivity index is 2.03. The molecule has 0 fully saturated rings. The fourth-order valence-corrected chi connectivity index (χ4v) is 2.17. The number of hydrogen-bond acceptors (Lipinski definition) is 2. The second-order valence-corrected chi connectivity index (χ2v) is 5.11. The number of nitrogens with one attached hydrogen (secondary N) is 1. The van der Waals surface area contributed by atoms with Crippen molar-refractivity contribution in [1.82, 2.24) is 0 Å². The van der Waals surface area contributed by atoms with Crippen molar-refractivity contribution >= 4 is 12.1 Å². The molecule has 3 nitrogen and oxygen atoms in total. The number of ether oxygens (including phenoxy) is 1. The van der Waals surface area contributed by atoms with E-state index in [4.69, 9.17) is 4.74 Å². The van der Waals surface area contributed by atoms with Crippen LogP contribution in [0, 0.1) is 0 Å². The molecule has 112 valence electrons. The van der Waals surface area contributed by atoms with E-state index in [0.29, 0.717) is 6.41 Å². The Kier molecular flexibility index (Phi) is 9.37. The van der Waals surface area contributed by atoms with Crippen LogP contribution in [-0.2, 0) is 4.79 Å². The molecule has 1 amide bonds. The molecule has 0 heterocycles. The average Bonchev–Trinajstić information content (AvgIpc) is 2.46. The Morgan fingerprint density at radius 2 is 1.75 bits per heavy atom. The molecule has 0 aromatic heterocycles. The van der Waals surface area contributed by atoms with Crippen LogP contribution in [0.4, 0.5) is 5.69 Å². The van der Waals surface area contributed by atoms with Gasteiger partial charge in [0, 0.05) is 11.8 Å². The van der Waals surface area contributed by atoms with E-state index in [0.717, 1.165) is 24.5 Å². The van der Waals surface area contributed by atoms with E-state index in [1.807, 2.05) is 24.3 Å². The third kappa shape index (κ3) is 7.82. The van der Waals surface area contributed by atoms with Gasteiger partial charge in [0.2, 0.25) is 6.41 Å². The summed E-state index contributed by atoms with van der Waals surface area (Å²) < 4.78 is 5.68. The van der Waals surface area contributed by atoms with E-state index in [1.54, 1.807) is 0 Å². The quantitative estimate of drug-likeness (QED) is 0.441. The maximum Gasteiger partial charge on any atom is 0.211 e. The number of amides is 1. The van der Waals surface area contributed by atoms with Crippen LogP contribution in [0.5, 0.6) is 5.75 Å². The summed E-state index contributed by atoms with van der Waals surface area (Å²) in [5.74, 6) is 0.819. The highest BCUT2D eigenvalue weighted by Crippen LogP contribution is 2.17. The van der Waals surface area contributed by atoms with Crippen LogP contribution >= 0.6 is 0 Å². The van der Waals surface area contributed by atoms with Gasteiger partial charge in [-0.3, -0.25) is 4.79 Å². The third-order valence-electron chi connectivity index (χ3n) is 3.33. The Morgan fingerprint density at radius 3 is 2.45 bits per heavy atom. The van der Waals surface area contributed by atoms with Gasteiger partial charge in [-0.15, -0.1) is 0 Å². The number of benzene rings is 1. The van der Waals surface area contributed by atoms with Crippen molar-refractivity contribution in [2.24, 2.45) is 0 Å². The molecule has 0 aliphatic carbocycles. The summed E-state index contributed by atoms with van der Waals surface area (Å²) in [4.78, 5) is 10.4. The van der Waals surface area contributed by atoms with Crippen molar-refractivity contribution in [3.8, 4) is 5.75 Å². The normalized spacial score (nSPS) is 10.2. The SMILES string of the molecule is CCCCCCCCCCOc1cccc(NC=O)c1. The van der Waals surface area contributed by atoms with Crippen LogP contribution in [0.15, 0.2) is 24.3 Å². The van der Waals surface area contributed by atoms with Crippen molar-refractivity contribution in [3.63, 3.8) is 0 Å². The first-order valence-corrected chi connectivity index (χ1v) is 7.80. The highest BCUT2D eigenvalue weighted by Gasteiger charge is 1.96. The summed E-state index contributed by atoms with van der Waals surface area (Å²) >= 11 is 0. The summed E-state index contributed by atoms with van der Waals surface area (Å²) in [6.45, 7) is 3.00. The molecule has 1 N–H and O–H groups in total. The third-order valence-corrected chi connectivity index (χ3v) is 3.33. The predicted molar refractivity (Wildman–Crippen MR) is 84.2 cm³/mol. The lowest BCUT2D eigenvalue weighted by Gasteiger charge is -2.07. The second-order valence-electron chi connectivity index (χ2n) is 5.11. The number of anilines is 1. The zero-order valence-electron chi connectivity index (χ0n) is 12.6. The van der Waals surface area contributed by atoms with Crippen LogP contribution in [0.2, 0.25) is 0 Å². The fourth-order valence-electron chi connectivity index (χ4n) is 2.17. The van der Waals surface area contributed by atoms with Gasteiger partial charge in [0.25, 0.3) is 0 Å². The van der Waals surface area contributed by atoms with Crippen molar-refractivity contribution in [2.75, 3.05) is 11.9 Å². The molecular weight excluding hydrogens is 250 g/mol. The summed E-state index contributed by atoms with van der Waals surface area (Å²) in [6.07, 6.45) is 11.1. The fraction of sp³-hybridized carbons (Fsp3) is 0.588. The number of carbonyl (C=O) groups excluding carboxylic acids is 1. The lowest BCUT2D eigenvalue weighted by atomic mass is 10.1. The highest BCUT2D eigenvalue weighted by molar-refractivity contribution is 5.71. The van der Waals surface area contributed by atoms with Gasteiger partial charge in [-0.05, 0) is 18.6 Å². The van der Waals surface area contributed by atoms with E-state index < -0.39 is 0 Å². The first-order valence-electron chi connectivity index (χ1n) is 7.80. The maximum absolute atomic E-state index is 10.4. The van der Waals surface area contributed by atoms with Gasteiger partial charge in [-0.25, -0.2) is 0 Å². The van der Waals surface area contributed by atoms with Gasteiger partial charge < -0.3 is 10.1 Å². The lowest BCUT2D eigenvalue weighted by Crippen LogP contribution is -1.99. The predicted octanol–water partition coefficient (Wildman–Crippen LogP) is 4.77. The van der Waals surface area contributed by atoms with E-state index in [-0.39, 0.29) is 0 Å². The van der Waals surface area contributed by atoms with E-state index in [1.165, 1.54) is 44.9 Å². The van der Waals surface area contributed by atoms with Crippen molar-refractivity contribution in [1.29, 1.82) is 0 Å². The first-order chi connectivity index (χ1) is 9.86. The number of carbonyl (C=O) groups is 1. The molecular formula is C17H27NO2. The van der Waals surface area contributed by atoms with Crippen LogP contribution in [0.3, 0.4) is 0 Å². The monoisotopic (exact) mass is 277 g/mol. The molecule has 0 radical (unpaired) electrons. The van der Waals surface area contributed by atoms with E-state index in [9.17, 15) is 4.79 Å². The molecule has 0 spiro atoms. The van der Waals surface area contributed by atoms with Gasteiger partial charge in [-0.1, -0.05) is 57.9 Å². The van der Waals surface area contributed by atoms with Gasteiger partial charge in [-0.2, -0.15) is 0 Å². The Morgan fingerprint density at radius 1 is 1.05 bits per heavy atom. The molecule has 1 aromatic carbocycles. The number of unbranched alkanes of at least 4 members (excludes halogenated alkanes) is 7. The van der Waals surface area contributed by atoms with Crippen LogP contribution in [0.25, 0.3) is 0 Å².